The van der Waals surface area contributed by atoms with Gasteiger partial charge in [0.15, 0.2) is 11.5 Å². The van der Waals surface area contributed by atoms with Crippen LogP contribution in [0, 0.1) is 0 Å². The number of phenols is 1. The topological polar surface area (TPSA) is 71.4 Å². The highest BCUT2D eigenvalue weighted by Crippen LogP contribution is 2.29. The monoisotopic (exact) mass is 338 g/mol. The molecule has 6 heteroatoms. The van der Waals surface area contributed by atoms with Crippen LogP contribution in [0.5, 0.6) is 11.5 Å². The molecule has 2 aromatic carbocycles. The van der Waals surface area contributed by atoms with Gasteiger partial charge in [-0.25, -0.2) is 0 Å². The smallest absolute Gasteiger partial charge is 0.280 e. The zero-order chi connectivity index (χ0) is 17.8. The van der Waals surface area contributed by atoms with E-state index in [1.54, 1.807) is 25.3 Å². The van der Waals surface area contributed by atoms with Gasteiger partial charge in [0.1, 0.15) is 0 Å². The maximum Gasteiger partial charge on any atom is 0.280 e. The summed E-state index contributed by atoms with van der Waals surface area (Å²) in [5.41, 5.74) is 2.39. The zero-order valence-corrected chi connectivity index (χ0v) is 14.0. The summed E-state index contributed by atoms with van der Waals surface area (Å²) in [6.07, 6.45) is 1.71. The van der Waals surface area contributed by atoms with Gasteiger partial charge in [-0.3, -0.25) is 4.79 Å². The molecule has 3 rings (SSSR count). The lowest BCUT2D eigenvalue weighted by Gasteiger charge is -2.11. The van der Waals surface area contributed by atoms with E-state index in [-0.39, 0.29) is 18.3 Å². The molecule has 0 aliphatic carbocycles. The van der Waals surface area contributed by atoms with Crippen LogP contribution in [0.25, 0.3) is 6.08 Å². The standard InChI is InChI=1S/C19H18N2O4/c1-24-12-16-15(10-13-8-9-17(22)18(11-13)25-2)19(23)21(20-16)14-6-4-3-5-7-14/h3-11,22H,12H2,1-2H3/b15-10+. The van der Waals surface area contributed by atoms with Gasteiger partial charge in [0.2, 0.25) is 0 Å². The Morgan fingerprint density at radius 1 is 1.16 bits per heavy atom. The number of aromatic hydroxyl groups is 1. The van der Waals surface area contributed by atoms with Crippen LogP contribution in [0.1, 0.15) is 5.56 Å². The van der Waals surface area contributed by atoms with E-state index in [4.69, 9.17) is 9.47 Å². The van der Waals surface area contributed by atoms with Gasteiger partial charge in [0, 0.05) is 7.11 Å². The van der Waals surface area contributed by atoms with E-state index in [1.807, 2.05) is 30.3 Å². The predicted molar refractivity (Wildman–Crippen MR) is 95.9 cm³/mol. The molecule has 0 radical (unpaired) electrons. The number of rotatable bonds is 5. The van der Waals surface area contributed by atoms with Crippen molar-refractivity contribution in [3.8, 4) is 11.5 Å². The molecular formula is C19H18N2O4. The molecule has 1 amide bonds. The van der Waals surface area contributed by atoms with Crippen LogP contribution in [0.2, 0.25) is 0 Å². The summed E-state index contributed by atoms with van der Waals surface area (Å²) in [5.74, 6) is 0.148. The van der Waals surface area contributed by atoms with Crippen molar-refractivity contribution in [1.29, 1.82) is 0 Å². The van der Waals surface area contributed by atoms with Crippen molar-refractivity contribution in [2.45, 2.75) is 0 Å². The molecule has 128 valence electrons. The molecule has 0 saturated heterocycles. The second-order valence-corrected chi connectivity index (χ2v) is 5.42. The average Bonchev–Trinajstić information content (AvgIpc) is 2.94. The molecule has 0 unspecified atom stereocenters. The summed E-state index contributed by atoms with van der Waals surface area (Å²) in [6, 6.07) is 14.1. The van der Waals surface area contributed by atoms with E-state index >= 15 is 0 Å². The Bertz CT molecular complexity index is 844. The Labute approximate surface area is 145 Å². The Morgan fingerprint density at radius 3 is 2.60 bits per heavy atom. The minimum Gasteiger partial charge on any atom is -0.504 e. The molecule has 1 heterocycles. The fourth-order valence-electron chi connectivity index (χ4n) is 2.54. The lowest BCUT2D eigenvalue weighted by Crippen LogP contribution is -2.21. The number of ether oxygens (including phenoxy) is 2. The number of hydrogen-bond donors (Lipinski definition) is 1. The SMILES string of the molecule is COCC1=NN(c2ccccc2)C(=O)/C1=C/c1ccc(O)c(OC)c1. The van der Waals surface area contributed by atoms with Gasteiger partial charge in [-0.1, -0.05) is 24.3 Å². The number of carbonyl (C=O) groups excluding carboxylic acids is 1. The average molecular weight is 338 g/mol. The van der Waals surface area contributed by atoms with Gasteiger partial charge < -0.3 is 14.6 Å². The molecule has 1 N–H and O–H groups in total. The number of hydrazone groups is 1. The van der Waals surface area contributed by atoms with Crippen LogP contribution in [0.3, 0.4) is 0 Å². The molecule has 0 saturated carbocycles. The van der Waals surface area contributed by atoms with Crippen LogP contribution in [-0.4, -0.2) is 37.6 Å². The Morgan fingerprint density at radius 2 is 1.92 bits per heavy atom. The third kappa shape index (κ3) is 3.39. The Hall–Kier alpha value is -3.12. The quantitative estimate of drug-likeness (QED) is 0.851. The first-order valence-electron chi connectivity index (χ1n) is 7.69. The molecule has 0 atom stereocenters. The normalized spacial score (nSPS) is 15.6. The lowest BCUT2D eigenvalue weighted by atomic mass is 10.1. The molecule has 0 spiro atoms. The largest absolute Gasteiger partial charge is 0.504 e. The van der Waals surface area contributed by atoms with Crippen LogP contribution >= 0.6 is 0 Å². The first-order chi connectivity index (χ1) is 12.1. The number of benzene rings is 2. The van der Waals surface area contributed by atoms with Crippen molar-refractivity contribution in [2.24, 2.45) is 5.10 Å². The highest BCUT2D eigenvalue weighted by molar-refractivity contribution is 6.33. The molecule has 2 aromatic rings. The summed E-state index contributed by atoms with van der Waals surface area (Å²) in [4.78, 5) is 12.8. The summed E-state index contributed by atoms with van der Waals surface area (Å²) in [6.45, 7) is 0.218. The van der Waals surface area contributed by atoms with Crippen molar-refractivity contribution in [3.05, 3.63) is 59.7 Å². The van der Waals surface area contributed by atoms with Crippen LogP contribution < -0.4 is 9.75 Å². The number of methoxy groups -OCH3 is 2. The van der Waals surface area contributed by atoms with Crippen molar-refractivity contribution in [3.63, 3.8) is 0 Å². The third-order valence-corrected chi connectivity index (χ3v) is 3.75. The molecule has 0 aromatic heterocycles. The fourth-order valence-corrected chi connectivity index (χ4v) is 2.54. The molecular weight excluding hydrogens is 320 g/mol. The second-order valence-electron chi connectivity index (χ2n) is 5.42. The van der Waals surface area contributed by atoms with Crippen molar-refractivity contribution < 1.29 is 19.4 Å². The minimum atomic E-state index is -0.231. The van der Waals surface area contributed by atoms with Gasteiger partial charge in [-0.2, -0.15) is 10.1 Å². The van der Waals surface area contributed by atoms with Crippen LogP contribution in [0.15, 0.2) is 59.2 Å². The third-order valence-electron chi connectivity index (χ3n) is 3.75. The molecule has 1 aliphatic heterocycles. The minimum absolute atomic E-state index is 0.0408. The van der Waals surface area contributed by atoms with Gasteiger partial charge in [-0.05, 0) is 35.9 Å². The van der Waals surface area contributed by atoms with E-state index in [0.29, 0.717) is 22.7 Å². The summed E-state index contributed by atoms with van der Waals surface area (Å²) in [7, 11) is 3.03. The van der Waals surface area contributed by atoms with Gasteiger partial charge in [-0.15, -0.1) is 0 Å². The molecule has 25 heavy (non-hydrogen) atoms. The van der Waals surface area contributed by atoms with Gasteiger partial charge in [0.05, 0.1) is 30.7 Å². The highest BCUT2D eigenvalue weighted by Gasteiger charge is 2.30. The number of para-hydroxylation sites is 1. The highest BCUT2D eigenvalue weighted by atomic mass is 16.5. The number of nitrogens with zero attached hydrogens (tertiary/aromatic N) is 2. The summed E-state index contributed by atoms with van der Waals surface area (Å²) in [5, 5.41) is 15.5. The first kappa shape index (κ1) is 16.7. The molecule has 6 nitrogen and oxygen atoms in total. The first-order valence-corrected chi connectivity index (χ1v) is 7.69. The van der Waals surface area contributed by atoms with Crippen LogP contribution in [-0.2, 0) is 9.53 Å². The number of carbonyl (C=O) groups is 1. The Kier molecular flexibility index (Phi) is 4.81. The Balaban J connectivity index is 2.00. The fraction of sp³-hybridized carbons (Fsp3) is 0.158. The number of phenolic OH excluding ortho intramolecular Hbond substituents is 1. The molecule has 0 bridgehead atoms. The summed E-state index contributed by atoms with van der Waals surface area (Å²) < 4.78 is 10.3. The van der Waals surface area contributed by atoms with Gasteiger partial charge >= 0.3 is 0 Å². The number of anilines is 1. The van der Waals surface area contributed by atoms with Crippen molar-refractivity contribution in [1.82, 2.24) is 0 Å². The van der Waals surface area contributed by atoms with E-state index in [1.165, 1.54) is 18.2 Å². The molecule has 1 aliphatic rings. The number of amides is 1. The maximum atomic E-state index is 12.8. The summed E-state index contributed by atoms with van der Waals surface area (Å²) >= 11 is 0. The van der Waals surface area contributed by atoms with Crippen molar-refractivity contribution >= 4 is 23.4 Å². The lowest BCUT2D eigenvalue weighted by molar-refractivity contribution is -0.114. The van der Waals surface area contributed by atoms with E-state index in [0.717, 1.165) is 5.56 Å². The zero-order valence-electron chi connectivity index (χ0n) is 14.0. The number of hydrogen-bond acceptors (Lipinski definition) is 5. The predicted octanol–water partition coefficient (Wildman–Crippen LogP) is 2.83. The van der Waals surface area contributed by atoms with Crippen molar-refractivity contribution in [2.75, 3.05) is 25.8 Å². The maximum absolute atomic E-state index is 12.8. The van der Waals surface area contributed by atoms with E-state index < -0.39 is 0 Å². The second kappa shape index (κ2) is 7.19. The van der Waals surface area contributed by atoms with Gasteiger partial charge in [0.25, 0.3) is 5.91 Å². The van der Waals surface area contributed by atoms with E-state index in [2.05, 4.69) is 5.10 Å². The molecule has 0 fully saturated rings. The van der Waals surface area contributed by atoms with Crippen LogP contribution in [0.4, 0.5) is 5.69 Å². The van der Waals surface area contributed by atoms with E-state index in [9.17, 15) is 9.90 Å².